The highest BCUT2D eigenvalue weighted by Gasteiger charge is 2.67. The van der Waals surface area contributed by atoms with Gasteiger partial charge in [-0.2, -0.15) is 0 Å². The number of anilines is 1. The number of rotatable bonds is 2. The van der Waals surface area contributed by atoms with Gasteiger partial charge in [-0.1, -0.05) is 21.1 Å². The molecular formula is C13H13BrN2O4. The van der Waals surface area contributed by atoms with Gasteiger partial charge in [-0.25, -0.2) is 0 Å². The van der Waals surface area contributed by atoms with E-state index in [1.807, 2.05) is 0 Å². The van der Waals surface area contributed by atoms with E-state index in [-0.39, 0.29) is 46.5 Å². The molecule has 6 atom stereocenters. The van der Waals surface area contributed by atoms with Crippen LogP contribution in [0.2, 0.25) is 0 Å². The topological polar surface area (TPSA) is 81.4 Å². The second-order valence-electron chi connectivity index (χ2n) is 5.77. The summed E-state index contributed by atoms with van der Waals surface area (Å²) < 4.78 is 10.3. The van der Waals surface area contributed by atoms with E-state index in [1.54, 1.807) is 13.0 Å². The lowest BCUT2D eigenvalue weighted by atomic mass is 9.79. The van der Waals surface area contributed by atoms with Crippen molar-refractivity contribution in [2.24, 2.45) is 23.7 Å². The predicted octanol–water partition coefficient (Wildman–Crippen LogP) is 1.49. The minimum absolute atomic E-state index is 0.0594. The van der Waals surface area contributed by atoms with Crippen LogP contribution in [-0.4, -0.2) is 28.0 Å². The van der Waals surface area contributed by atoms with Crippen molar-refractivity contribution in [3.63, 3.8) is 0 Å². The van der Waals surface area contributed by atoms with Crippen LogP contribution in [0.15, 0.2) is 10.6 Å². The van der Waals surface area contributed by atoms with Crippen molar-refractivity contribution in [3.8, 4) is 0 Å². The largest absolute Gasteiger partial charge is 0.461 e. The number of fused-ring (bicyclic) bond motifs is 1. The van der Waals surface area contributed by atoms with Crippen LogP contribution in [-0.2, 0) is 14.3 Å². The highest BCUT2D eigenvalue weighted by molar-refractivity contribution is 9.09. The van der Waals surface area contributed by atoms with Gasteiger partial charge < -0.3 is 14.6 Å². The SMILES string of the molecule is Cc1cc(NC(=O)[C@@H]2[C@H]3C[C@H]4[C@H](OC(=O)[C@H]42)[C@@H]3Br)no1. The molecule has 1 aromatic rings. The van der Waals surface area contributed by atoms with Gasteiger partial charge in [0.15, 0.2) is 5.82 Å². The van der Waals surface area contributed by atoms with E-state index in [2.05, 4.69) is 26.4 Å². The van der Waals surface area contributed by atoms with Gasteiger partial charge in [-0.15, -0.1) is 0 Å². The molecule has 3 fully saturated rings. The fourth-order valence-corrected chi connectivity index (χ4v) is 5.01. The number of carbonyl (C=O) groups is 2. The highest BCUT2D eigenvalue weighted by Crippen LogP contribution is 2.59. The number of esters is 1. The molecule has 0 aromatic carbocycles. The molecular weight excluding hydrogens is 328 g/mol. The minimum atomic E-state index is -0.340. The number of carbonyl (C=O) groups excluding carboxylic acids is 2. The Morgan fingerprint density at radius 1 is 1.50 bits per heavy atom. The van der Waals surface area contributed by atoms with E-state index in [0.29, 0.717) is 11.6 Å². The quantitative estimate of drug-likeness (QED) is 0.651. The molecule has 0 unspecified atom stereocenters. The van der Waals surface area contributed by atoms with E-state index in [9.17, 15) is 9.59 Å². The highest BCUT2D eigenvalue weighted by atomic mass is 79.9. The number of halogens is 1. The summed E-state index contributed by atoms with van der Waals surface area (Å²) in [6.45, 7) is 1.76. The lowest BCUT2D eigenvalue weighted by Gasteiger charge is -2.27. The zero-order valence-electron chi connectivity index (χ0n) is 10.7. The molecule has 1 amide bonds. The number of aromatic nitrogens is 1. The molecule has 6 nitrogen and oxygen atoms in total. The molecule has 2 aliphatic carbocycles. The number of amides is 1. The van der Waals surface area contributed by atoms with Gasteiger partial charge in [0.2, 0.25) is 5.91 Å². The fourth-order valence-electron chi connectivity index (χ4n) is 3.97. The Kier molecular flexibility index (Phi) is 2.52. The third kappa shape index (κ3) is 1.52. The van der Waals surface area contributed by atoms with Gasteiger partial charge >= 0.3 is 5.97 Å². The van der Waals surface area contributed by atoms with Crippen LogP contribution < -0.4 is 5.32 Å². The van der Waals surface area contributed by atoms with E-state index in [1.165, 1.54) is 0 Å². The van der Waals surface area contributed by atoms with Crippen LogP contribution in [0.3, 0.4) is 0 Å². The molecule has 106 valence electrons. The molecule has 4 rings (SSSR count). The Morgan fingerprint density at radius 2 is 2.30 bits per heavy atom. The van der Waals surface area contributed by atoms with Gasteiger partial charge in [0.25, 0.3) is 0 Å². The predicted molar refractivity (Wildman–Crippen MR) is 71.0 cm³/mol. The van der Waals surface area contributed by atoms with Crippen molar-refractivity contribution in [3.05, 3.63) is 11.8 Å². The first-order chi connectivity index (χ1) is 9.56. The van der Waals surface area contributed by atoms with Crippen molar-refractivity contribution in [1.82, 2.24) is 5.16 Å². The van der Waals surface area contributed by atoms with Crippen molar-refractivity contribution in [2.45, 2.75) is 24.3 Å². The molecule has 1 aliphatic heterocycles. The number of nitrogens with zero attached hydrogens (tertiary/aromatic N) is 1. The maximum absolute atomic E-state index is 12.5. The van der Waals surface area contributed by atoms with E-state index >= 15 is 0 Å². The molecule has 3 aliphatic rings. The number of hydrogen-bond acceptors (Lipinski definition) is 5. The summed E-state index contributed by atoms with van der Waals surface area (Å²) in [6, 6.07) is 1.66. The molecule has 2 bridgehead atoms. The number of ether oxygens (including phenoxy) is 1. The number of hydrogen-bond donors (Lipinski definition) is 1. The first-order valence-corrected chi connectivity index (χ1v) is 7.56. The van der Waals surface area contributed by atoms with E-state index in [0.717, 1.165) is 6.42 Å². The van der Waals surface area contributed by atoms with Crippen LogP contribution in [0.5, 0.6) is 0 Å². The van der Waals surface area contributed by atoms with E-state index in [4.69, 9.17) is 9.26 Å². The summed E-state index contributed by atoms with van der Waals surface area (Å²) >= 11 is 3.58. The van der Waals surface area contributed by atoms with Crippen LogP contribution >= 0.6 is 15.9 Å². The average Bonchev–Trinajstić information content (AvgIpc) is 3.08. The van der Waals surface area contributed by atoms with Crippen molar-refractivity contribution >= 4 is 33.6 Å². The maximum Gasteiger partial charge on any atom is 0.310 e. The molecule has 1 saturated heterocycles. The second-order valence-corrected chi connectivity index (χ2v) is 6.83. The van der Waals surface area contributed by atoms with Crippen molar-refractivity contribution < 1.29 is 18.8 Å². The summed E-state index contributed by atoms with van der Waals surface area (Å²) in [5, 5.41) is 6.49. The molecule has 20 heavy (non-hydrogen) atoms. The third-order valence-corrected chi connectivity index (χ3v) is 5.91. The Bertz CT molecular complexity index is 601. The summed E-state index contributed by atoms with van der Waals surface area (Å²) in [4.78, 5) is 24.5. The number of aryl methyl sites for hydroxylation is 1. The standard InChI is InChI=1S/C13H13BrN2O4/c1-4-2-7(16-20-4)15-12(17)8-5-3-6-9(8)13(18)19-11(6)10(5)14/h2,5-6,8-11H,3H2,1H3,(H,15,16,17)/t5-,6-,8-,9-,10-,11+/m1/s1. The first-order valence-electron chi connectivity index (χ1n) is 6.65. The maximum atomic E-state index is 12.5. The van der Waals surface area contributed by atoms with Gasteiger partial charge in [0.05, 0.1) is 16.7 Å². The number of alkyl halides is 1. The van der Waals surface area contributed by atoms with Crippen LogP contribution in [0, 0.1) is 30.6 Å². The Hall–Kier alpha value is -1.37. The van der Waals surface area contributed by atoms with Gasteiger partial charge in [0.1, 0.15) is 11.9 Å². The van der Waals surface area contributed by atoms with Crippen LogP contribution in [0.4, 0.5) is 5.82 Å². The third-order valence-electron chi connectivity index (χ3n) is 4.71. The molecule has 0 spiro atoms. The smallest absolute Gasteiger partial charge is 0.310 e. The normalized spacial score (nSPS) is 41.0. The van der Waals surface area contributed by atoms with Crippen LogP contribution in [0.25, 0.3) is 0 Å². The molecule has 2 saturated carbocycles. The van der Waals surface area contributed by atoms with Gasteiger partial charge in [-0.05, 0) is 19.3 Å². The zero-order valence-corrected chi connectivity index (χ0v) is 12.3. The van der Waals surface area contributed by atoms with Gasteiger partial charge in [0, 0.05) is 12.0 Å². The lowest BCUT2D eigenvalue weighted by molar-refractivity contribution is -0.145. The molecule has 1 N–H and O–H groups in total. The lowest BCUT2D eigenvalue weighted by Crippen LogP contribution is -2.40. The zero-order chi connectivity index (χ0) is 14.0. The number of nitrogens with one attached hydrogen (secondary N) is 1. The monoisotopic (exact) mass is 340 g/mol. The molecule has 1 aromatic heterocycles. The van der Waals surface area contributed by atoms with Crippen LogP contribution in [0.1, 0.15) is 12.2 Å². The Morgan fingerprint density at radius 3 is 3.00 bits per heavy atom. The van der Waals surface area contributed by atoms with Gasteiger partial charge in [-0.3, -0.25) is 9.59 Å². The first kappa shape index (κ1) is 12.4. The Labute approximate surface area is 123 Å². The molecule has 0 radical (unpaired) electrons. The van der Waals surface area contributed by atoms with Crippen molar-refractivity contribution in [2.75, 3.05) is 5.32 Å². The molecule has 7 heteroatoms. The average molecular weight is 341 g/mol. The summed E-state index contributed by atoms with van der Waals surface area (Å²) in [6.07, 6.45) is 0.809. The van der Waals surface area contributed by atoms with Crippen molar-refractivity contribution in [1.29, 1.82) is 0 Å². The summed E-state index contributed by atoms with van der Waals surface area (Å²) in [5.41, 5.74) is 0. The fraction of sp³-hybridized carbons (Fsp3) is 0.615. The minimum Gasteiger partial charge on any atom is -0.461 e. The Balaban J connectivity index is 1.59. The second kappa shape index (κ2) is 4.07. The van der Waals surface area contributed by atoms with E-state index < -0.39 is 0 Å². The summed E-state index contributed by atoms with van der Waals surface area (Å²) in [5.74, 6) is 0.301. The molecule has 2 heterocycles. The summed E-state index contributed by atoms with van der Waals surface area (Å²) in [7, 11) is 0.